The molecule has 0 spiro atoms. The third-order valence-electron chi connectivity index (χ3n) is 7.84. The van der Waals surface area contributed by atoms with E-state index < -0.39 is 33.4 Å². The topological polar surface area (TPSA) is 130 Å². The minimum atomic E-state index is -4.06. The largest absolute Gasteiger partial charge is 0.352 e. The lowest BCUT2D eigenvalue weighted by Gasteiger charge is -2.35. The van der Waals surface area contributed by atoms with E-state index in [1.54, 1.807) is 6.92 Å². The molecule has 1 N–H and O–H groups in total. The van der Waals surface area contributed by atoms with Crippen molar-refractivity contribution < 1.29 is 22.9 Å². The zero-order chi connectivity index (χ0) is 31.9. The lowest BCUT2D eigenvalue weighted by Crippen LogP contribution is -2.55. The number of nitro benzene ring substituents is 1. The predicted octanol–water partition coefficient (Wildman–Crippen LogP) is 5.52. The van der Waals surface area contributed by atoms with Crippen LogP contribution in [0.2, 0.25) is 0 Å². The summed E-state index contributed by atoms with van der Waals surface area (Å²) in [7, 11) is -4.06. The number of carbonyl (C=O) groups excluding carboxylic acids is 2. The highest BCUT2D eigenvalue weighted by atomic mass is 79.9. The van der Waals surface area contributed by atoms with Gasteiger partial charge in [0.1, 0.15) is 12.6 Å². The minimum Gasteiger partial charge on any atom is -0.352 e. The number of hydrogen-bond acceptors (Lipinski definition) is 6. The van der Waals surface area contributed by atoms with Crippen molar-refractivity contribution in [3.05, 3.63) is 104 Å². The minimum absolute atomic E-state index is 0.000748. The molecule has 0 radical (unpaired) electrons. The highest BCUT2D eigenvalue weighted by molar-refractivity contribution is 9.10. The average molecular weight is 686 g/mol. The number of nitrogens with zero attached hydrogens (tertiary/aromatic N) is 3. The highest BCUT2D eigenvalue weighted by Gasteiger charge is 2.34. The molecule has 2 amide bonds. The smallest absolute Gasteiger partial charge is 0.271 e. The van der Waals surface area contributed by atoms with Crippen LogP contribution in [0.4, 0.5) is 11.4 Å². The third-order valence-corrected chi connectivity index (χ3v) is 9.50. The molecule has 10 nitrogen and oxygen atoms in total. The van der Waals surface area contributed by atoms with Gasteiger partial charge in [0.25, 0.3) is 5.69 Å². The van der Waals surface area contributed by atoms with Crippen molar-refractivity contribution in [3.63, 3.8) is 0 Å². The number of aryl methyl sites for hydroxylation is 1. The maximum absolute atomic E-state index is 14.3. The SMILES string of the molecule is Cc1ccc([N+](=O)[O-])cc1N(CC(=O)N(Cc1ccc(Br)cc1)[C@H](Cc1ccccc1)C(=O)NC1CCCCC1)S(C)(=O)=O. The Balaban J connectivity index is 1.75. The molecule has 0 bridgehead atoms. The van der Waals surface area contributed by atoms with Crippen LogP contribution in [0.25, 0.3) is 0 Å². The maximum Gasteiger partial charge on any atom is 0.271 e. The number of rotatable bonds is 12. The number of hydrogen-bond donors (Lipinski definition) is 1. The Morgan fingerprint density at radius 2 is 1.66 bits per heavy atom. The van der Waals surface area contributed by atoms with Gasteiger partial charge in [-0.25, -0.2) is 8.42 Å². The molecule has 44 heavy (non-hydrogen) atoms. The average Bonchev–Trinajstić information content (AvgIpc) is 2.99. The molecular weight excluding hydrogens is 648 g/mol. The molecule has 1 aliphatic rings. The summed E-state index contributed by atoms with van der Waals surface area (Å²) in [4.78, 5) is 40.6. The number of anilines is 1. The Morgan fingerprint density at radius 1 is 1.00 bits per heavy atom. The lowest BCUT2D eigenvalue weighted by molar-refractivity contribution is -0.384. The Kier molecular flexibility index (Phi) is 11.1. The molecular formula is C32H37BrN4O6S. The number of non-ortho nitro benzene ring substituents is 1. The van der Waals surface area contributed by atoms with Gasteiger partial charge in [0, 0.05) is 35.6 Å². The van der Waals surface area contributed by atoms with E-state index in [0.717, 1.165) is 64.3 Å². The van der Waals surface area contributed by atoms with Crippen LogP contribution in [-0.2, 0) is 32.6 Å². The molecule has 0 aliphatic heterocycles. The molecule has 1 atom stereocenters. The number of nitro groups is 1. The van der Waals surface area contributed by atoms with Gasteiger partial charge in [0.15, 0.2) is 0 Å². The third kappa shape index (κ3) is 8.88. The molecule has 234 valence electrons. The Labute approximate surface area is 266 Å². The zero-order valence-electron chi connectivity index (χ0n) is 24.8. The second-order valence-electron chi connectivity index (χ2n) is 11.2. The van der Waals surface area contributed by atoms with Crippen molar-refractivity contribution in [1.82, 2.24) is 10.2 Å². The van der Waals surface area contributed by atoms with Crippen LogP contribution in [-0.4, -0.2) is 54.9 Å². The normalized spacial score (nSPS) is 14.4. The van der Waals surface area contributed by atoms with Gasteiger partial charge in [-0.15, -0.1) is 0 Å². The fraction of sp³-hybridized carbons (Fsp3) is 0.375. The van der Waals surface area contributed by atoms with Crippen molar-refractivity contribution >= 4 is 49.1 Å². The molecule has 0 unspecified atom stereocenters. The van der Waals surface area contributed by atoms with Crippen LogP contribution in [0.3, 0.4) is 0 Å². The van der Waals surface area contributed by atoms with Gasteiger partial charge in [0.2, 0.25) is 21.8 Å². The number of halogens is 1. The first-order valence-corrected chi connectivity index (χ1v) is 17.2. The van der Waals surface area contributed by atoms with E-state index in [0.29, 0.717) is 5.56 Å². The van der Waals surface area contributed by atoms with Crippen LogP contribution >= 0.6 is 15.9 Å². The van der Waals surface area contributed by atoms with Gasteiger partial charge < -0.3 is 10.2 Å². The van der Waals surface area contributed by atoms with Crippen molar-refractivity contribution in [2.24, 2.45) is 0 Å². The fourth-order valence-electron chi connectivity index (χ4n) is 5.46. The lowest BCUT2D eigenvalue weighted by atomic mass is 9.94. The first-order chi connectivity index (χ1) is 20.9. The second-order valence-corrected chi connectivity index (χ2v) is 14.0. The standard InChI is InChI=1S/C32H37BrN4O6S/c1-23-13-18-28(37(40)41)20-29(23)36(44(2,42)43)22-31(38)35(21-25-14-16-26(33)17-15-25)30(19-24-9-5-3-6-10-24)32(39)34-27-11-7-4-8-12-27/h3,5-6,9-10,13-18,20,27,30H,4,7-8,11-12,19,21-22H2,1-2H3,(H,34,39)/t30-/m1/s1. The Bertz CT molecular complexity index is 1580. The van der Waals surface area contributed by atoms with E-state index in [4.69, 9.17) is 0 Å². The molecule has 3 aromatic carbocycles. The van der Waals surface area contributed by atoms with E-state index in [2.05, 4.69) is 21.2 Å². The fourth-order valence-corrected chi connectivity index (χ4v) is 6.62. The van der Waals surface area contributed by atoms with Gasteiger partial charge in [-0.1, -0.05) is 83.7 Å². The van der Waals surface area contributed by atoms with E-state index >= 15 is 0 Å². The van der Waals surface area contributed by atoms with Gasteiger partial charge in [-0.2, -0.15) is 0 Å². The molecule has 12 heteroatoms. The van der Waals surface area contributed by atoms with Gasteiger partial charge >= 0.3 is 0 Å². The van der Waals surface area contributed by atoms with Crippen LogP contribution in [0.1, 0.15) is 48.8 Å². The quantitative estimate of drug-likeness (QED) is 0.198. The number of sulfonamides is 1. The van der Waals surface area contributed by atoms with Crippen molar-refractivity contribution in [2.45, 2.75) is 64.1 Å². The number of amides is 2. The van der Waals surface area contributed by atoms with Crippen molar-refractivity contribution in [1.29, 1.82) is 0 Å². The maximum atomic E-state index is 14.3. The van der Waals surface area contributed by atoms with E-state index in [1.165, 1.54) is 17.0 Å². The molecule has 1 aliphatic carbocycles. The number of benzene rings is 3. The molecule has 1 saturated carbocycles. The molecule has 0 saturated heterocycles. The van der Waals surface area contributed by atoms with E-state index in [1.807, 2.05) is 54.6 Å². The molecule has 0 heterocycles. The number of carbonyl (C=O) groups is 2. The second kappa shape index (κ2) is 14.8. The predicted molar refractivity (Wildman–Crippen MR) is 174 cm³/mol. The van der Waals surface area contributed by atoms with Crippen LogP contribution in [0.15, 0.2) is 77.3 Å². The van der Waals surface area contributed by atoms with Gasteiger partial charge in [0.05, 0.1) is 16.9 Å². The molecule has 1 fully saturated rings. The van der Waals surface area contributed by atoms with Crippen molar-refractivity contribution in [2.75, 3.05) is 17.1 Å². The first kappa shape index (κ1) is 33.1. The first-order valence-electron chi connectivity index (χ1n) is 14.5. The summed E-state index contributed by atoms with van der Waals surface area (Å²) < 4.78 is 27.9. The summed E-state index contributed by atoms with van der Waals surface area (Å²) in [6.07, 6.45) is 6.04. The Morgan fingerprint density at radius 3 is 2.27 bits per heavy atom. The van der Waals surface area contributed by atoms with Crippen LogP contribution in [0.5, 0.6) is 0 Å². The molecule has 4 rings (SSSR count). The summed E-state index contributed by atoms with van der Waals surface area (Å²) in [5.41, 5.74) is 1.78. The molecule has 3 aromatic rings. The summed E-state index contributed by atoms with van der Waals surface area (Å²) in [6, 6.07) is 19.7. The van der Waals surface area contributed by atoms with Gasteiger partial charge in [-0.05, 0) is 48.6 Å². The monoisotopic (exact) mass is 684 g/mol. The van der Waals surface area contributed by atoms with E-state index in [-0.39, 0.29) is 36.3 Å². The van der Waals surface area contributed by atoms with Gasteiger partial charge in [-0.3, -0.25) is 24.0 Å². The zero-order valence-corrected chi connectivity index (χ0v) is 27.2. The Hall–Kier alpha value is -3.77. The van der Waals surface area contributed by atoms with Crippen LogP contribution < -0.4 is 9.62 Å². The number of nitrogens with one attached hydrogen (secondary N) is 1. The molecule has 0 aromatic heterocycles. The van der Waals surface area contributed by atoms with E-state index in [9.17, 15) is 28.1 Å². The summed E-state index contributed by atoms with van der Waals surface area (Å²) in [6.45, 7) is 1.03. The highest BCUT2D eigenvalue weighted by Crippen LogP contribution is 2.28. The summed E-state index contributed by atoms with van der Waals surface area (Å²) in [5, 5.41) is 14.7. The summed E-state index contributed by atoms with van der Waals surface area (Å²) in [5.74, 6) is -0.910. The summed E-state index contributed by atoms with van der Waals surface area (Å²) >= 11 is 3.43. The van der Waals surface area contributed by atoms with Crippen LogP contribution in [0, 0.1) is 17.0 Å². The van der Waals surface area contributed by atoms with Crippen molar-refractivity contribution in [3.8, 4) is 0 Å².